The molecule has 5 rings (SSSR count). The van der Waals surface area contributed by atoms with Crippen molar-refractivity contribution in [3.05, 3.63) is 137 Å². The number of aliphatic imine (C=N–C) groups is 1. The highest BCUT2D eigenvalue weighted by Gasteiger charge is 2.35. The molecule has 19 nitrogen and oxygen atoms in total. The van der Waals surface area contributed by atoms with Gasteiger partial charge in [-0.15, -0.1) is 11.8 Å². The second-order valence-electron chi connectivity index (χ2n) is 15.8. The van der Waals surface area contributed by atoms with Gasteiger partial charge in [0.15, 0.2) is 0 Å². The fourth-order valence-corrected chi connectivity index (χ4v) is 7.77. The number of rotatable bonds is 23. The van der Waals surface area contributed by atoms with E-state index in [4.69, 9.17) is 28.7 Å². The van der Waals surface area contributed by atoms with Crippen molar-refractivity contribution in [2.75, 3.05) is 31.7 Å². The predicted octanol–water partition coefficient (Wildman–Crippen LogP) is 6.68. The summed E-state index contributed by atoms with van der Waals surface area (Å²) in [6.45, 7) is 15.9. The summed E-state index contributed by atoms with van der Waals surface area (Å²) in [5.74, 6) is -6.01. The van der Waals surface area contributed by atoms with Crippen molar-refractivity contribution in [3.63, 3.8) is 0 Å². The van der Waals surface area contributed by atoms with Gasteiger partial charge < -0.3 is 49.7 Å². The van der Waals surface area contributed by atoms with Crippen LogP contribution in [-0.2, 0) is 47.7 Å². The third kappa shape index (κ3) is 14.1. The Morgan fingerprint density at radius 2 is 1.43 bits per heavy atom. The molecule has 72 heavy (non-hydrogen) atoms. The number of thioether (sulfide) groups is 1. The summed E-state index contributed by atoms with van der Waals surface area (Å²) in [4.78, 5) is 112. The minimum atomic E-state index is -1.29. The number of carboxylic acid groups (broad SMARTS) is 1. The van der Waals surface area contributed by atoms with Gasteiger partial charge in [-0.2, -0.15) is 0 Å². The molecule has 3 atom stereocenters. The van der Waals surface area contributed by atoms with E-state index in [1.165, 1.54) is 32.9 Å². The molecule has 0 radical (unpaired) electrons. The Morgan fingerprint density at radius 3 is 2.03 bits per heavy atom. The molecule has 2 heterocycles. The molecule has 0 spiro atoms. The molecule has 1 aliphatic rings. The quantitative estimate of drug-likeness (QED) is 0.0170. The lowest BCUT2D eigenvalue weighted by molar-refractivity contribution is -0.153. The van der Waals surface area contributed by atoms with Gasteiger partial charge in [-0.25, -0.2) is 29.0 Å². The first-order valence-corrected chi connectivity index (χ1v) is 23.2. The molecular formula is C52H53N5O14S. The van der Waals surface area contributed by atoms with Crippen molar-refractivity contribution >= 4 is 83.2 Å². The number of esters is 4. The summed E-state index contributed by atoms with van der Waals surface area (Å²) >= 11 is 0.960. The number of allylic oxidation sites excluding steroid dienone is 1. The Kier molecular flexibility index (Phi) is 19.3. The smallest absolute Gasteiger partial charge is 0.342 e. The molecule has 2 amide bonds. The number of aromatic nitrogens is 1. The number of hydrogen-bond acceptors (Lipinski definition) is 16. The summed E-state index contributed by atoms with van der Waals surface area (Å²) in [7, 11) is 0. The second-order valence-corrected chi connectivity index (χ2v) is 17.3. The van der Waals surface area contributed by atoms with Crippen LogP contribution in [0.3, 0.4) is 0 Å². The molecule has 20 heteroatoms. The van der Waals surface area contributed by atoms with Crippen LogP contribution in [0.1, 0.15) is 73.5 Å². The predicted molar refractivity (Wildman–Crippen MR) is 268 cm³/mol. The monoisotopic (exact) mass is 1000 g/mol. The Bertz CT molecular complexity index is 2870. The minimum Gasteiger partial charge on any atom is -0.478 e. The van der Waals surface area contributed by atoms with Crippen LogP contribution < -0.4 is 20.7 Å². The van der Waals surface area contributed by atoms with Gasteiger partial charge >= 0.3 is 29.8 Å². The molecule has 1 aliphatic heterocycles. The van der Waals surface area contributed by atoms with E-state index in [1.807, 2.05) is 0 Å². The Balaban J connectivity index is 1.61. The van der Waals surface area contributed by atoms with Gasteiger partial charge in [0.2, 0.25) is 11.8 Å². The number of amides is 2. The zero-order chi connectivity index (χ0) is 52.6. The minimum absolute atomic E-state index is 0.0351. The van der Waals surface area contributed by atoms with E-state index in [0.717, 1.165) is 17.8 Å². The molecule has 0 aliphatic carbocycles. The van der Waals surface area contributed by atoms with Crippen LogP contribution in [0.15, 0.2) is 124 Å². The molecule has 0 bridgehead atoms. The van der Waals surface area contributed by atoms with Gasteiger partial charge in [-0.3, -0.25) is 14.4 Å². The molecule has 0 saturated heterocycles. The fourth-order valence-electron chi connectivity index (χ4n) is 6.82. The van der Waals surface area contributed by atoms with Crippen LogP contribution in [-0.4, -0.2) is 108 Å². The number of carboxylic acids is 1. The summed E-state index contributed by atoms with van der Waals surface area (Å²) in [6, 6.07) is 20.2. The third-order valence-corrected chi connectivity index (χ3v) is 11.3. The van der Waals surface area contributed by atoms with E-state index in [1.54, 1.807) is 87.5 Å². The average molecular weight is 1000 g/mol. The van der Waals surface area contributed by atoms with E-state index in [-0.39, 0.29) is 101 Å². The topological polar surface area (TPSA) is 267 Å². The van der Waals surface area contributed by atoms with E-state index >= 15 is 0 Å². The second kappa shape index (κ2) is 25.5. The fraction of sp³-hybridized carbons (Fsp3) is 0.250. The summed E-state index contributed by atoms with van der Waals surface area (Å²) in [6.07, 6.45) is 0.495. The molecule has 0 fully saturated rings. The van der Waals surface area contributed by atoms with E-state index in [2.05, 4.69) is 34.1 Å². The molecule has 3 unspecified atom stereocenters. The van der Waals surface area contributed by atoms with Crippen molar-refractivity contribution in [1.82, 2.24) is 15.6 Å². The van der Waals surface area contributed by atoms with Gasteiger partial charge in [0.25, 0.3) is 6.47 Å². The van der Waals surface area contributed by atoms with Gasteiger partial charge in [0.05, 0.1) is 41.5 Å². The first-order chi connectivity index (χ1) is 34.4. The Labute approximate surface area is 418 Å². The first-order valence-electron chi connectivity index (χ1n) is 22.3. The van der Waals surface area contributed by atoms with Gasteiger partial charge in [0, 0.05) is 33.7 Å². The van der Waals surface area contributed by atoms with Gasteiger partial charge in [-0.05, 0) is 76.9 Å². The molecule has 376 valence electrons. The number of nitrogens with zero attached hydrogens (tertiary/aromatic N) is 1. The van der Waals surface area contributed by atoms with Crippen LogP contribution in [0.4, 0.5) is 5.82 Å². The summed E-state index contributed by atoms with van der Waals surface area (Å²) < 4.78 is 26.6. The van der Waals surface area contributed by atoms with E-state index in [0.29, 0.717) is 16.0 Å². The zero-order valence-electron chi connectivity index (χ0n) is 40.2. The van der Waals surface area contributed by atoms with Gasteiger partial charge in [-0.1, -0.05) is 73.8 Å². The largest absolute Gasteiger partial charge is 0.478 e. The molecular weight excluding hydrogens is 951 g/mol. The normalized spacial score (nSPS) is 13.7. The number of ether oxygens (including phenoxy) is 5. The number of amidine groups is 1. The molecule has 4 aromatic rings. The lowest BCUT2D eigenvalue weighted by Gasteiger charge is -2.21. The lowest BCUT2D eigenvalue weighted by atomic mass is 9.96. The number of benzene rings is 3. The van der Waals surface area contributed by atoms with Crippen LogP contribution in [0, 0.1) is 0 Å². The van der Waals surface area contributed by atoms with Crippen molar-refractivity contribution in [3.8, 4) is 16.9 Å². The SMILES string of the molecule is C=C(C)C(=O)OCC(CNC(C)C(=O)NC1=N/C(=C\c2[nH]c(NC(=O)C(C)Sc3cc(OC=O)cc(C(=O)O)c3)c(C(=O)OCC)c2-c2ccccc2)C(c2ccccc2)=C1C(=O)OCC)OC(=O)C(=C)C. The molecule has 5 N–H and O–H groups in total. The van der Waals surface area contributed by atoms with Crippen molar-refractivity contribution in [1.29, 1.82) is 0 Å². The van der Waals surface area contributed by atoms with E-state index in [9.17, 15) is 43.5 Å². The number of carbonyl (C=O) groups is 8. The van der Waals surface area contributed by atoms with Crippen LogP contribution in [0.25, 0.3) is 22.8 Å². The highest BCUT2D eigenvalue weighted by atomic mass is 32.2. The maximum atomic E-state index is 14.0. The number of aromatic carboxylic acids is 1. The number of nitrogens with one attached hydrogen (secondary N) is 4. The van der Waals surface area contributed by atoms with Crippen LogP contribution in [0.2, 0.25) is 0 Å². The van der Waals surface area contributed by atoms with Gasteiger partial charge in [0.1, 0.15) is 41.3 Å². The number of aromatic amines is 1. The first kappa shape index (κ1) is 54.6. The van der Waals surface area contributed by atoms with Crippen molar-refractivity contribution in [2.45, 2.75) is 63.8 Å². The number of hydrogen-bond donors (Lipinski definition) is 5. The Hall–Kier alpha value is -8.36. The lowest BCUT2D eigenvalue weighted by Crippen LogP contribution is -2.48. The number of anilines is 1. The highest BCUT2D eigenvalue weighted by Crippen LogP contribution is 2.40. The van der Waals surface area contributed by atoms with Crippen molar-refractivity contribution < 1.29 is 67.1 Å². The molecule has 3 aromatic carbocycles. The van der Waals surface area contributed by atoms with Crippen LogP contribution in [0.5, 0.6) is 5.75 Å². The third-order valence-electron chi connectivity index (χ3n) is 10.3. The van der Waals surface area contributed by atoms with Crippen molar-refractivity contribution in [2.24, 2.45) is 4.99 Å². The standard InChI is InChI=1S/C52H53N5O14S/c1-9-67-51(65)42-40(32-17-13-11-14-18-32)38(54-44(42)56-46(59)30(7)53-25-36(71-50(64)29(5)6)26-69-49(63)28(3)4)24-39-41(33-19-15-12-16-20-33)43(52(66)68-10-2)45(55-39)57-47(60)31(8)72-37-22-34(48(61)62)21-35(23-37)70-27-58/h11-24,27,30-31,36,53,55H,3,5,9-10,25-26H2,1-2,4,6-8H3,(H,57,60)(H,61,62)(H,54,56,59)/b38-24-. The zero-order valence-corrected chi connectivity index (χ0v) is 41.1. The maximum Gasteiger partial charge on any atom is 0.342 e. The number of H-pyrrole nitrogens is 1. The summed E-state index contributed by atoms with van der Waals surface area (Å²) in [5.41, 5.74) is 1.69. The van der Waals surface area contributed by atoms with Crippen LogP contribution >= 0.6 is 11.8 Å². The number of carbonyl (C=O) groups excluding carboxylic acids is 7. The molecule has 0 saturated carbocycles. The summed E-state index contributed by atoms with van der Waals surface area (Å²) in [5, 5.41) is 17.2. The van der Waals surface area contributed by atoms with E-state index < -0.39 is 59.1 Å². The Morgan fingerprint density at radius 1 is 0.806 bits per heavy atom. The highest BCUT2D eigenvalue weighted by molar-refractivity contribution is 8.00. The average Bonchev–Trinajstić information content (AvgIpc) is 3.89. The maximum absolute atomic E-state index is 14.0. The molecule has 1 aromatic heterocycles.